The molecule has 1 nitrogen and oxygen atoms in total. The lowest BCUT2D eigenvalue weighted by molar-refractivity contribution is 0.482. The Kier molecular flexibility index (Phi) is 3.72. The minimum Gasteiger partial charge on any atom is -0.506 e. The molecule has 0 aliphatic carbocycles. The molecule has 0 amide bonds. The highest BCUT2D eigenvalue weighted by Gasteiger charge is 2.12. The van der Waals surface area contributed by atoms with Gasteiger partial charge in [-0.1, -0.05) is 78.3 Å². The van der Waals surface area contributed by atoms with E-state index in [0.717, 1.165) is 33.0 Å². The molecule has 4 rings (SSSR count). The van der Waals surface area contributed by atoms with Crippen LogP contribution in [0.3, 0.4) is 0 Å². The second-order valence-electron chi connectivity index (χ2n) is 5.75. The highest BCUT2D eigenvalue weighted by Crippen LogP contribution is 2.40. The third-order valence-corrected chi connectivity index (χ3v) is 4.55. The maximum atomic E-state index is 10.4. The molecular weight excluding hydrogens is 316 g/mol. The summed E-state index contributed by atoms with van der Waals surface area (Å²) in [4.78, 5) is 0. The van der Waals surface area contributed by atoms with Gasteiger partial charge < -0.3 is 5.11 Å². The molecule has 0 atom stereocenters. The fourth-order valence-electron chi connectivity index (χ4n) is 3.04. The summed E-state index contributed by atoms with van der Waals surface area (Å²) in [6.07, 6.45) is 0. The number of fused-ring (bicyclic) bond motifs is 1. The summed E-state index contributed by atoms with van der Waals surface area (Å²) in [5.41, 5.74) is 4.47. The summed E-state index contributed by atoms with van der Waals surface area (Å²) in [6.45, 7) is 0. The first-order chi connectivity index (χ1) is 11.7. The lowest BCUT2D eigenvalue weighted by Crippen LogP contribution is -1.87. The second kappa shape index (κ2) is 6.03. The Morgan fingerprint density at radius 1 is 0.625 bits per heavy atom. The van der Waals surface area contributed by atoms with Gasteiger partial charge >= 0.3 is 0 Å². The molecule has 0 saturated heterocycles. The number of phenols is 1. The van der Waals surface area contributed by atoms with Gasteiger partial charge in [0.05, 0.1) is 5.02 Å². The van der Waals surface area contributed by atoms with Crippen molar-refractivity contribution in [1.29, 1.82) is 0 Å². The molecular formula is C22H15ClO. The molecule has 24 heavy (non-hydrogen) atoms. The van der Waals surface area contributed by atoms with Crippen LogP contribution in [0.5, 0.6) is 5.75 Å². The molecule has 4 aromatic carbocycles. The van der Waals surface area contributed by atoms with Crippen LogP contribution in [0.1, 0.15) is 0 Å². The van der Waals surface area contributed by atoms with Crippen LogP contribution in [0.15, 0.2) is 84.9 Å². The number of hydrogen-bond donors (Lipinski definition) is 1. The molecule has 0 heterocycles. The molecule has 0 radical (unpaired) electrons. The Morgan fingerprint density at radius 2 is 1.17 bits per heavy atom. The first kappa shape index (κ1) is 14.8. The topological polar surface area (TPSA) is 20.2 Å². The van der Waals surface area contributed by atoms with E-state index in [4.69, 9.17) is 11.6 Å². The molecule has 0 aliphatic heterocycles. The van der Waals surface area contributed by atoms with Gasteiger partial charge in [-0.05, 0) is 45.8 Å². The minimum absolute atomic E-state index is 0.131. The summed E-state index contributed by atoms with van der Waals surface area (Å²) in [5, 5.41) is 12.5. The predicted molar refractivity (Wildman–Crippen MR) is 101 cm³/mol. The Hall–Kier alpha value is -2.77. The van der Waals surface area contributed by atoms with E-state index in [1.165, 1.54) is 0 Å². The van der Waals surface area contributed by atoms with E-state index in [9.17, 15) is 5.11 Å². The SMILES string of the molecule is Oc1c(Cl)ccc2cc(-c3ccccc3)c(-c3ccccc3)cc12. The normalized spacial score (nSPS) is 10.9. The van der Waals surface area contributed by atoms with Crippen LogP contribution < -0.4 is 0 Å². The molecule has 4 aromatic rings. The van der Waals surface area contributed by atoms with Crippen molar-refractivity contribution in [3.8, 4) is 28.0 Å². The lowest BCUT2D eigenvalue weighted by atomic mass is 9.91. The van der Waals surface area contributed by atoms with E-state index >= 15 is 0 Å². The van der Waals surface area contributed by atoms with E-state index in [-0.39, 0.29) is 5.75 Å². The summed E-state index contributed by atoms with van der Waals surface area (Å²) in [6, 6.07) is 28.3. The Bertz CT molecular complexity index is 1010. The molecule has 0 saturated carbocycles. The Morgan fingerprint density at radius 3 is 1.75 bits per heavy atom. The molecule has 2 heteroatoms. The zero-order valence-corrected chi connectivity index (χ0v) is 13.7. The van der Waals surface area contributed by atoms with E-state index in [1.807, 2.05) is 48.5 Å². The summed E-state index contributed by atoms with van der Waals surface area (Å²) >= 11 is 6.09. The fourth-order valence-corrected chi connectivity index (χ4v) is 3.21. The van der Waals surface area contributed by atoms with Crippen LogP contribution in [0.25, 0.3) is 33.0 Å². The minimum atomic E-state index is 0.131. The van der Waals surface area contributed by atoms with Crippen LogP contribution in [-0.2, 0) is 0 Å². The third-order valence-electron chi connectivity index (χ3n) is 4.25. The number of aromatic hydroxyl groups is 1. The molecule has 0 aromatic heterocycles. The summed E-state index contributed by atoms with van der Waals surface area (Å²) < 4.78 is 0. The number of benzene rings is 4. The first-order valence-corrected chi connectivity index (χ1v) is 8.18. The van der Waals surface area contributed by atoms with Crippen molar-refractivity contribution >= 4 is 22.4 Å². The predicted octanol–water partition coefficient (Wildman–Crippen LogP) is 6.53. The summed E-state index contributed by atoms with van der Waals surface area (Å²) in [7, 11) is 0. The highest BCUT2D eigenvalue weighted by molar-refractivity contribution is 6.33. The average Bonchev–Trinajstić information content (AvgIpc) is 2.65. The van der Waals surface area contributed by atoms with E-state index < -0.39 is 0 Å². The maximum Gasteiger partial charge on any atom is 0.142 e. The van der Waals surface area contributed by atoms with Gasteiger partial charge in [-0.2, -0.15) is 0 Å². The van der Waals surface area contributed by atoms with E-state index in [2.05, 4.69) is 30.3 Å². The van der Waals surface area contributed by atoms with Gasteiger partial charge in [-0.3, -0.25) is 0 Å². The van der Waals surface area contributed by atoms with Crippen molar-refractivity contribution in [2.45, 2.75) is 0 Å². The average molecular weight is 331 g/mol. The number of rotatable bonds is 2. The zero-order valence-electron chi connectivity index (χ0n) is 12.9. The fraction of sp³-hybridized carbons (Fsp3) is 0. The van der Waals surface area contributed by atoms with Gasteiger partial charge in [0.1, 0.15) is 5.75 Å². The van der Waals surface area contributed by atoms with Crippen molar-refractivity contribution in [3.05, 3.63) is 90.0 Å². The van der Waals surface area contributed by atoms with Gasteiger partial charge in [0.15, 0.2) is 0 Å². The maximum absolute atomic E-state index is 10.4. The zero-order chi connectivity index (χ0) is 16.5. The van der Waals surface area contributed by atoms with E-state index in [1.54, 1.807) is 6.07 Å². The quantitative estimate of drug-likeness (QED) is 0.443. The Labute approximate surface area is 145 Å². The number of halogens is 1. The molecule has 0 bridgehead atoms. The van der Waals surface area contributed by atoms with Crippen molar-refractivity contribution < 1.29 is 5.11 Å². The van der Waals surface area contributed by atoms with Gasteiger partial charge in [-0.15, -0.1) is 0 Å². The summed E-state index contributed by atoms with van der Waals surface area (Å²) in [5.74, 6) is 0.131. The van der Waals surface area contributed by atoms with Crippen molar-refractivity contribution in [2.24, 2.45) is 0 Å². The second-order valence-corrected chi connectivity index (χ2v) is 6.15. The molecule has 0 unspecified atom stereocenters. The van der Waals surface area contributed by atoms with Gasteiger partial charge in [0.2, 0.25) is 0 Å². The Balaban J connectivity index is 2.08. The van der Waals surface area contributed by atoms with Crippen LogP contribution in [0.4, 0.5) is 0 Å². The standard InChI is InChI=1S/C22H15ClO/c23-21-12-11-17-13-18(15-7-3-1-4-8-15)19(14-20(17)22(21)24)16-9-5-2-6-10-16/h1-14,24H. The molecule has 0 fully saturated rings. The van der Waals surface area contributed by atoms with Crippen LogP contribution in [-0.4, -0.2) is 5.11 Å². The highest BCUT2D eigenvalue weighted by atomic mass is 35.5. The van der Waals surface area contributed by atoms with Gasteiger partial charge in [0.25, 0.3) is 0 Å². The number of phenolic OH excluding ortho intramolecular Hbond substituents is 1. The third kappa shape index (κ3) is 2.53. The monoisotopic (exact) mass is 330 g/mol. The number of hydrogen-bond acceptors (Lipinski definition) is 1. The molecule has 0 aliphatic rings. The van der Waals surface area contributed by atoms with Gasteiger partial charge in [-0.25, -0.2) is 0 Å². The molecule has 1 N–H and O–H groups in total. The van der Waals surface area contributed by atoms with Crippen LogP contribution in [0.2, 0.25) is 5.02 Å². The molecule has 116 valence electrons. The van der Waals surface area contributed by atoms with Crippen molar-refractivity contribution in [1.82, 2.24) is 0 Å². The van der Waals surface area contributed by atoms with Crippen LogP contribution in [0, 0.1) is 0 Å². The van der Waals surface area contributed by atoms with Crippen LogP contribution >= 0.6 is 11.6 Å². The first-order valence-electron chi connectivity index (χ1n) is 7.80. The van der Waals surface area contributed by atoms with Crippen molar-refractivity contribution in [3.63, 3.8) is 0 Å². The van der Waals surface area contributed by atoms with E-state index in [0.29, 0.717) is 5.02 Å². The molecule has 0 spiro atoms. The lowest BCUT2D eigenvalue weighted by Gasteiger charge is -2.14. The van der Waals surface area contributed by atoms with Crippen molar-refractivity contribution in [2.75, 3.05) is 0 Å². The smallest absolute Gasteiger partial charge is 0.142 e. The van der Waals surface area contributed by atoms with Gasteiger partial charge in [0, 0.05) is 5.39 Å². The largest absolute Gasteiger partial charge is 0.506 e.